The number of fused-ring (bicyclic) bond motifs is 2. The highest BCUT2D eigenvalue weighted by Crippen LogP contribution is 2.36. The van der Waals surface area contributed by atoms with E-state index < -0.39 is 23.8 Å². The van der Waals surface area contributed by atoms with Gasteiger partial charge in [-0.05, 0) is 65.4 Å². The first kappa shape index (κ1) is 23.7. The quantitative estimate of drug-likeness (QED) is 0.375. The van der Waals surface area contributed by atoms with E-state index in [1.165, 1.54) is 29.6 Å². The molecule has 2 aliphatic heterocycles. The zero-order chi connectivity index (χ0) is 25.4. The van der Waals surface area contributed by atoms with Gasteiger partial charge in [-0.1, -0.05) is 39.0 Å². The van der Waals surface area contributed by atoms with Crippen molar-refractivity contribution in [3.63, 3.8) is 0 Å². The van der Waals surface area contributed by atoms with Crippen molar-refractivity contribution in [1.82, 2.24) is 10.0 Å². The lowest BCUT2D eigenvalue weighted by Gasteiger charge is -2.20. The molecule has 2 aliphatic rings. The molecule has 3 aromatic rings. The third kappa shape index (κ3) is 4.74. The van der Waals surface area contributed by atoms with E-state index >= 15 is 0 Å². The minimum atomic E-state index is -1.06. The van der Waals surface area contributed by atoms with Gasteiger partial charge in [-0.2, -0.15) is 0 Å². The molecule has 0 aliphatic carbocycles. The molecule has 2 heterocycles. The van der Waals surface area contributed by atoms with Crippen LogP contribution in [0.2, 0.25) is 0 Å². The van der Waals surface area contributed by atoms with Crippen LogP contribution in [0.5, 0.6) is 17.2 Å². The van der Waals surface area contributed by atoms with Gasteiger partial charge in [-0.15, -0.1) is 0 Å². The molecular formula is C27H24N2O6S. The molecule has 3 aromatic carbocycles. The Morgan fingerprint density at radius 1 is 0.944 bits per heavy atom. The number of carbonyl (C=O) groups is 3. The lowest BCUT2D eigenvalue weighted by Crippen LogP contribution is -2.28. The van der Waals surface area contributed by atoms with Gasteiger partial charge in [0.15, 0.2) is 11.5 Å². The molecule has 36 heavy (non-hydrogen) atoms. The van der Waals surface area contributed by atoms with Crippen molar-refractivity contribution in [1.29, 1.82) is 0 Å². The Morgan fingerprint density at radius 2 is 1.67 bits per heavy atom. The lowest BCUT2D eigenvalue weighted by molar-refractivity contribution is -0.126. The smallest absolute Gasteiger partial charge is 0.275 e. The first-order valence-corrected chi connectivity index (χ1v) is 12.1. The molecular weight excluding hydrogens is 480 g/mol. The largest absolute Gasteiger partial charge is 0.476 e. The molecule has 0 saturated heterocycles. The van der Waals surface area contributed by atoms with Crippen molar-refractivity contribution in [2.24, 2.45) is 0 Å². The predicted molar refractivity (Wildman–Crippen MR) is 133 cm³/mol. The van der Waals surface area contributed by atoms with Crippen LogP contribution < -0.4 is 24.2 Å². The van der Waals surface area contributed by atoms with Gasteiger partial charge < -0.3 is 14.2 Å². The van der Waals surface area contributed by atoms with Gasteiger partial charge in [0.25, 0.3) is 17.7 Å². The molecule has 0 spiro atoms. The maximum Gasteiger partial charge on any atom is 0.275 e. The minimum Gasteiger partial charge on any atom is -0.476 e. The Hall–Kier alpha value is -3.98. The maximum atomic E-state index is 13.3. The Morgan fingerprint density at radius 3 is 2.42 bits per heavy atom. The van der Waals surface area contributed by atoms with Gasteiger partial charge >= 0.3 is 0 Å². The van der Waals surface area contributed by atoms with Crippen molar-refractivity contribution in [3.05, 3.63) is 82.9 Å². The van der Waals surface area contributed by atoms with E-state index in [0.29, 0.717) is 17.1 Å². The number of nitrogens with one attached hydrogen (secondary N) is 2. The standard InChI is InChI=1S/C27H24N2O6S/c1-27(2,3)16-5-8-18(9-6-16)36-29-26(32)23(15-4-11-21-22(12-15)34-14-33-21)35-17-7-10-19-20(13-17)25(31)28-24(19)30/h4-13,23H,14H2,1-3H3,(H,29,32)(H,28,30,31). The highest BCUT2D eigenvalue weighted by molar-refractivity contribution is 7.98. The summed E-state index contributed by atoms with van der Waals surface area (Å²) in [7, 11) is 0. The summed E-state index contributed by atoms with van der Waals surface area (Å²) in [6, 6.07) is 17.6. The number of ether oxygens (including phenoxy) is 3. The molecule has 0 saturated carbocycles. The monoisotopic (exact) mass is 504 g/mol. The number of rotatable bonds is 6. The second-order valence-corrected chi connectivity index (χ2v) is 10.3. The number of hydrogen-bond donors (Lipinski definition) is 2. The van der Waals surface area contributed by atoms with Crippen LogP contribution in [-0.4, -0.2) is 24.5 Å². The first-order valence-electron chi connectivity index (χ1n) is 11.3. The summed E-state index contributed by atoms with van der Waals surface area (Å²) in [6.07, 6.45) is -1.06. The summed E-state index contributed by atoms with van der Waals surface area (Å²) < 4.78 is 19.8. The van der Waals surface area contributed by atoms with Gasteiger partial charge in [0.2, 0.25) is 12.9 Å². The van der Waals surface area contributed by atoms with Gasteiger partial charge in [-0.25, -0.2) is 0 Å². The highest BCUT2D eigenvalue weighted by Gasteiger charge is 2.30. The molecule has 5 rings (SSSR count). The summed E-state index contributed by atoms with van der Waals surface area (Å²) in [5.41, 5.74) is 2.24. The van der Waals surface area contributed by atoms with E-state index in [1.807, 2.05) is 24.3 Å². The summed E-state index contributed by atoms with van der Waals surface area (Å²) in [5.74, 6) is 0.00667. The number of amides is 3. The molecule has 0 aromatic heterocycles. The summed E-state index contributed by atoms with van der Waals surface area (Å²) in [4.78, 5) is 38.2. The van der Waals surface area contributed by atoms with Crippen molar-refractivity contribution < 1.29 is 28.6 Å². The number of benzene rings is 3. The second-order valence-electron chi connectivity index (χ2n) is 9.44. The van der Waals surface area contributed by atoms with Gasteiger partial charge in [0.05, 0.1) is 11.1 Å². The van der Waals surface area contributed by atoms with Crippen LogP contribution in [0.15, 0.2) is 65.6 Å². The number of hydrogen-bond acceptors (Lipinski definition) is 7. The van der Waals surface area contributed by atoms with Gasteiger partial charge in [0.1, 0.15) is 5.75 Å². The average molecular weight is 505 g/mol. The van der Waals surface area contributed by atoms with E-state index in [2.05, 4.69) is 30.8 Å². The molecule has 2 N–H and O–H groups in total. The van der Waals surface area contributed by atoms with Crippen LogP contribution in [0.3, 0.4) is 0 Å². The van der Waals surface area contributed by atoms with Crippen LogP contribution in [0.1, 0.15) is 58.7 Å². The summed E-state index contributed by atoms with van der Waals surface area (Å²) >= 11 is 1.18. The SMILES string of the molecule is CC(C)(C)c1ccc(SNC(=O)C(Oc2ccc3c(c2)C(=O)NC3=O)c2ccc3c(c2)OCO3)cc1. The highest BCUT2D eigenvalue weighted by atomic mass is 32.2. The summed E-state index contributed by atoms with van der Waals surface area (Å²) in [5, 5.41) is 2.25. The number of carbonyl (C=O) groups excluding carboxylic acids is 3. The first-order chi connectivity index (χ1) is 17.2. The van der Waals surface area contributed by atoms with Crippen LogP contribution in [-0.2, 0) is 10.2 Å². The Labute approximate surface area is 212 Å². The van der Waals surface area contributed by atoms with Gasteiger partial charge in [-0.3, -0.25) is 24.4 Å². The molecule has 0 radical (unpaired) electrons. The van der Waals surface area contributed by atoms with E-state index in [4.69, 9.17) is 14.2 Å². The molecule has 3 amide bonds. The van der Waals surface area contributed by atoms with Crippen molar-refractivity contribution in [2.45, 2.75) is 37.2 Å². The van der Waals surface area contributed by atoms with Crippen LogP contribution >= 0.6 is 11.9 Å². The van der Waals surface area contributed by atoms with Gasteiger partial charge in [0, 0.05) is 10.5 Å². The van der Waals surface area contributed by atoms with Crippen LogP contribution in [0.25, 0.3) is 0 Å². The van der Waals surface area contributed by atoms with Crippen molar-refractivity contribution in [3.8, 4) is 17.2 Å². The fourth-order valence-electron chi connectivity index (χ4n) is 3.89. The predicted octanol–water partition coefficient (Wildman–Crippen LogP) is 4.54. The fourth-order valence-corrected chi connectivity index (χ4v) is 4.49. The minimum absolute atomic E-state index is 0.0299. The molecule has 0 fully saturated rings. The molecule has 184 valence electrons. The lowest BCUT2D eigenvalue weighted by atomic mass is 9.87. The van der Waals surface area contributed by atoms with Crippen LogP contribution in [0.4, 0.5) is 0 Å². The van der Waals surface area contributed by atoms with Crippen molar-refractivity contribution >= 4 is 29.7 Å². The molecule has 1 unspecified atom stereocenters. The number of imide groups is 1. The van der Waals surface area contributed by atoms with E-state index in [9.17, 15) is 14.4 Å². The zero-order valence-corrected chi connectivity index (χ0v) is 20.7. The fraction of sp³-hybridized carbons (Fsp3) is 0.222. The second kappa shape index (κ2) is 9.23. The Kier molecular flexibility index (Phi) is 6.09. The summed E-state index contributed by atoms with van der Waals surface area (Å²) in [6.45, 7) is 6.53. The topological polar surface area (TPSA) is 103 Å². The zero-order valence-electron chi connectivity index (χ0n) is 19.9. The molecule has 8 nitrogen and oxygen atoms in total. The van der Waals surface area contributed by atoms with E-state index in [0.717, 1.165) is 4.90 Å². The normalized spacial score (nSPS) is 14.8. The Bertz CT molecular complexity index is 1360. The third-order valence-electron chi connectivity index (χ3n) is 5.89. The average Bonchev–Trinajstić information content (AvgIpc) is 3.44. The van der Waals surface area contributed by atoms with Crippen molar-refractivity contribution in [2.75, 3.05) is 6.79 Å². The Balaban J connectivity index is 1.38. The maximum absolute atomic E-state index is 13.3. The van der Waals surface area contributed by atoms with E-state index in [1.54, 1.807) is 24.3 Å². The molecule has 1 atom stereocenters. The van der Waals surface area contributed by atoms with E-state index in [-0.39, 0.29) is 29.1 Å². The molecule has 0 bridgehead atoms. The van der Waals surface area contributed by atoms with Crippen LogP contribution in [0, 0.1) is 0 Å². The molecule has 9 heteroatoms. The third-order valence-corrected chi connectivity index (χ3v) is 6.70.